The van der Waals surface area contributed by atoms with E-state index in [0.717, 1.165) is 5.39 Å². The molecule has 0 radical (unpaired) electrons. The number of cyclic esters (lactones) is 1. The Morgan fingerprint density at radius 3 is 2.69 bits per heavy atom. The summed E-state index contributed by atoms with van der Waals surface area (Å²) in [5, 5.41) is 10.7. The van der Waals surface area contributed by atoms with Gasteiger partial charge in [0.15, 0.2) is 6.04 Å². The third-order valence-corrected chi connectivity index (χ3v) is 5.45. The van der Waals surface area contributed by atoms with Crippen LogP contribution < -0.4 is 0 Å². The number of pyridine rings is 1. The van der Waals surface area contributed by atoms with E-state index in [-0.39, 0.29) is 30.0 Å². The Morgan fingerprint density at radius 2 is 1.97 bits per heavy atom. The summed E-state index contributed by atoms with van der Waals surface area (Å²) in [4.78, 5) is 44.3. The molecule has 152 valence electrons. The van der Waals surface area contributed by atoms with Crippen molar-refractivity contribution < 1.29 is 29.0 Å². The number of rotatable bonds is 3. The molecular formula is C20H21N3O6. The molecule has 1 atom stereocenters. The maximum absolute atomic E-state index is 12.9. The van der Waals surface area contributed by atoms with Gasteiger partial charge in [0.05, 0.1) is 7.11 Å². The van der Waals surface area contributed by atoms with Crippen LogP contribution in [-0.4, -0.2) is 76.7 Å². The summed E-state index contributed by atoms with van der Waals surface area (Å²) in [5.74, 6) is -0.714. The van der Waals surface area contributed by atoms with Crippen LogP contribution in [0.3, 0.4) is 0 Å². The Hall–Kier alpha value is -3.36. The first-order valence-electron chi connectivity index (χ1n) is 9.40. The maximum atomic E-state index is 12.9. The molecule has 3 heterocycles. The number of esters is 1. The number of amides is 2. The number of ether oxygens (including phenoxy) is 2. The molecule has 29 heavy (non-hydrogen) atoms. The average Bonchev–Trinajstić information content (AvgIpc) is 3.14. The van der Waals surface area contributed by atoms with E-state index in [1.54, 1.807) is 23.1 Å². The summed E-state index contributed by atoms with van der Waals surface area (Å²) in [6.07, 6.45) is 0.511. The van der Waals surface area contributed by atoms with Gasteiger partial charge in [0.1, 0.15) is 23.6 Å². The van der Waals surface area contributed by atoms with Crippen LogP contribution in [0, 0.1) is 0 Å². The van der Waals surface area contributed by atoms with Crippen molar-refractivity contribution in [1.29, 1.82) is 0 Å². The minimum atomic E-state index is -0.745. The number of likely N-dealkylation sites (tertiary alicyclic amines) is 1. The van der Waals surface area contributed by atoms with Crippen LogP contribution in [0.1, 0.15) is 23.3 Å². The third kappa shape index (κ3) is 3.43. The highest BCUT2D eigenvalue weighted by Crippen LogP contribution is 2.26. The Balaban J connectivity index is 1.45. The Morgan fingerprint density at radius 1 is 1.21 bits per heavy atom. The van der Waals surface area contributed by atoms with Crippen molar-refractivity contribution in [2.24, 2.45) is 0 Å². The fourth-order valence-electron chi connectivity index (χ4n) is 3.91. The second kappa shape index (κ2) is 7.57. The van der Waals surface area contributed by atoms with Gasteiger partial charge in [0.2, 0.25) is 0 Å². The van der Waals surface area contributed by atoms with Gasteiger partial charge in [-0.15, -0.1) is 0 Å². The highest BCUT2D eigenvalue weighted by atomic mass is 16.6. The fourth-order valence-corrected chi connectivity index (χ4v) is 3.91. The van der Waals surface area contributed by atoms with Crippen LogP contribution in [0.2, 0.25) is 0 Å². The largest absolute Gasteiger partial charge is 0.506 e. The van der Waals surface area contributed by atoms with Crippen LogP contribution in [0.5, 0.6) is 5.75 Å². The molecule has 2 aliphatic rings. The van der Waals surface area contributed by atoms with Crippen molar-refractivity contribution in [3.8, 4) is 5.75 Å². The number of phenols is 1. The first kappa shape index (κ1) is 19.0. The molecule has 2 aliphatic heterocycles. The Labute approximate surface area is 166 Å². The summed E-state index contributed by atoms with van der Waals surface area (Å²) < 4.78 is 9.78. The quantitative estimate of drug-likeness (QED) is 0.780. The first-order valence-corrected chi connectivity index (χ1v) is 9.40. The molecule has 2 amide bonds. The van der Waals surface area contributed by atoms with Crippen LogP contribution in [0.15, 0.2) is 30.3 Å². The van der Waals surface area contributed by atoms with Crippen molar-refractivity contribution in [3.05, 3.63) is 36.0 Å². The molecular weight excluding hydrogens is 378 g/mol. The van der Waals surface area contributed by atoms with E-state index >= 15 is 0 Å². The summed E-state index contributed by atoms with van der Waals surface area (Å²) in [5.41, 5.74) is 0.638. The van der Waals surface area contributed by atoms with Gasteiger partial charge in [-0.1, -0.05) is 18.2 Å². The molecule has 2 fully saturated rings. The minimum Gasteiger partial charge on any atom is -0.506 e. The van der Waals surface area contributed by atoms with Gasteiger partial charge in [0.25, 0.3) is 5.91 Å². The number of para-hydroxylation sites is 1. The molecule has 0 aliphatic carbocycles. The van der Waals surface area contributed by atoms with Crippen molar-refractivity contribution in [2.75, 3.05) is 26.8 Å². The summed E-state index contributed by atoms with van der Waals surface area (Å²) in [7, 11) is 1.28. The number of methoxy groups -OCH3 is 1. The normalized spacial score (nSPS) is 20.0. The Bertz CT molecular complexity index is 970. The van der Waals surface area contributed by atoms with E-state index in [1.807, 2.05) is 6.07 Å². The second-order valence-corrected chi connectivity index (χ2v) is 7.09. The highest BCUT2D eigenvalue weighted by Gasteiger charge is 2.44. The number of carbonyl (C=O) groups is 3. The van der Waals surface area contributed by atoms with Crippen molar-refractivity contribution >= 4 is 28.9 Å². The number of piperidine rings is 1. The number of hydrogen-bond acceptors (Lipinski definition) is 7. The zero-order valence-electron chi connectivity index (χ0n) is 15.9. The summed E-state index contributed by atoms with van der Waals surface area (Å²) in [6.45, 7) is 0.818. The molecule has 0 saturated carbocycles. The van der Waals surface area contributed by atoms with E-state index in [0.29, 0.717) is 31.4 Å². The SMILES string of the molecule is COC(=O)C1COC(=O)N1C1CCN(C(=O)c2ccc3cccc(O)c3n2)CC1. The molecule has 2 aromatic rings. The standard InChI is InChI=1S/C20H21N3O6/c1-28-19(26)15-11-29-20(27)23(15)13-7-9-22(10-8-13)18(25)14-6-5-12-3-2-4-16(24)17(12)21-14/h2-6,13,15,24H,7-11H2,1H3. The van der Waals surface area contributed by atoms with Crippen LogP contribution in [-0.2, 0) is 14.3 Å². The molecule has 9 heteroatoms. The average molecular weight is 399 g/mol. The number of aromatic nitrogens is 1. The molecule has 9 nitrogen and oxygen atoms in total. The lowest BCUT2D eigenvalue weighted by molar-refractivity contribution is -0.145. The molecule has 1 aromatic carbocycles. The van der Waals surface area contributed by atoms with Gasteiger partial charge in [-0.2, -0.15) is 0 Å². The molecule has 1 unspecified atom stereocenters. The molecule has 2 saturated heterocycles. The third-order valence-electron chi connectivity index (χ3n) is 5.45. The van der Waals surface area contributed by atoms with E-state index in [2.05, 4.69) is 4.98 Å². The van der Waals surface area contributed by atoms with E-state index in [9.17, 15) is 19.5 Å². The predicted molar refractivity (Wildman–Crippen MR) is 101 cm³/mol. The zero-order chi connectivity index (χ0) is 20.5. The Kier molecular flexibility index (Phi) is 4.96. The van der Waals surface area contributed by atoms with Gasteiger partial charge >= 0.3 is 12.1 Å². The van der Waals surface area contributed by atoms with Crippen molar-refractivity contribution in [1.82, 2.24) is 14.8 Å². The minimum absolute atomic E-state index is 0.0187. The number of aromatic hydroxyl groups is 1. The number of carbonyl (C=O) groups excluding carboxylic acids is 3. The molecule has 1 N–H and O–H groups in total. The van der Waals surface area contributed by atoms with Gasteiger partial charge in [0, 0.05) is 24.5 Å². The van der Waals surface area contributed by atoms with Gasteiger partial charge in [-0.3, -0.25) is 9.69 Å². The van der Waals surface area contributed by atoms with E-state index < -0.39 is 18.1 Å². The topological polar surface area (TPSA) is 109 Å². The highest BCUT2D eigenvalue weighted by molar-refractivity contribution is 5.96. The zero-order valence-corrected chi connectivity index (χ0v) is 15.9. The lowest BCUT2D eigenvalue weighted by Crippen LogP contribution is -2.52. The predicted octanol–water partition coefficient (Wildman–Crippen LogP) is 1.54. The van der Waals surface area contributed by atoms with Crippen LogP contribution in [0.4, 0.5) is 4.79 Å². The summed E-state index contributed by atoms with van der Waals surface area (Å²) >= 11 is 0. The molecule has 0 spiro atoms. The van der Waals surface area contributed by atoms with E-state index in [4.69, 9.17) is 9.47 Å². The van der Waals surface area contributed by atoms with Gasteiger partial charge in [-0.25, -0.2) is 14.6 Å². The maximum Gasteiger partial charge on any atom is 0.410 e. The molecule has 0 bridgehead atoms. The number of fused-ring (bicyclic) bond motifs is 1. The second-order valence-electron chi connectivity index (χ2n) is 7.09. The number of hydrogen-bond donors (Lipinski definition) is 1. The van der Waals surface area contributed by atoms with Crippen LogP contribution >= 0.6 is 0 Å². The van der Waals surface area contributed by atoms with Crippen molar-refractivity contribution in [2.45, 2.75) is 24.9 Å². The monoisotopic (exact) mass is 399 g/mol. The smallest absolute Gasteiger partial charge is 0.410 e. The van der Waals surface area contributed by atoms with Crippen molar-refractivity contribution in [3.63, 3.8) is 0 Å². The first-order chi connectivity index (χ1) is 14.0. The van der Waals surface area contributed by atoms with Gasteiger partial charge < -0.3 is 19.5 Å². The van der Waals surface area contributed by atoms with E-state index in [1.165, 1.54) is 18.1 Å². The number of nitrogens with zero attached hydrogens (tertiary/aromatic N) is 3. The van der Waals surface area contributed by atoms with Crippen LogP contribution in [0.25, 0.3) is 10.9 Å². The van der Waals surface area contributed by atoms with Gasteiger partial charge in [-0.05, 0) is 25.0 Å². The lowest BCUT2D eigenvalue weighted by atomic mass is 10.0. The lowest BCUT2D eigenvalue weighted by Gasteiger charge is -2.37. The molecule has 4 rings (SSSR count). The summed E-state index contributed by atoms with van der Waals surface area (Å²) in [6, 6.07) is 7.51. The number of benzene rings is 1. The fraction of sp³-hybridized carbons (Fsp3) is 0.400. The number of phenolic OH excluding ortho intramolecular Hbond substituents is 1. The molecule has 1 aromatic heterocycles.